The Hall–Kier alpha value is -3.22. The Bertz CT molecular complexity index is 789. The van der Waals surface area contributed by atoms with Crippen molar-refractivity contribution in [1.82, 2.24) is 0 Å². The van der Waals surface area contributed by atoms with Gasteiger partial charge in [-0.25, -0.2) is 0 Å². The van der Waals surface area contributed by atoms with Crippen LogP contribution in [0.2, 0.25) is 0 Å². The quantitative estimate of drug-likeness (QED) is 0.770. The van der Waals surface area contributed by atoms with Crippen molar-refractivity contribution in [3.63, 3.8) is 0 Å². The summed E-state index contributed by atoms with van der Waals surface area (Å²) in [6.07, 6.45) is 0. The fourth-order valence-corrected chi connectivity index (χ4v) is 2.52. The van der Waals surface area contributed by atoms with E-state index in [1.807, 2.05) is 6.92 Å². The molecule has 0 aliphatic rings. The molecular weight excluding hydrogens is 348 g/mol. The first-order chi connectivity index (χ1) is 13.0. The molecule has 144 valence electrons. The van der Waals surface area contributed by atoms with Gasteiger partial charge >= 0.3 is 0 Å². The van der Waals surface area contributed by atoms with Crippen molar-refractivity contribution in [2.24, 2.45) is 0 Å². The second-order valence-electron chi connectivity index (χ2n) is 5.65. The van der Waals surface area contributed by atoms with Crippen molar-refractivity contribution in [2.75, 3.05) is 37.6 Å². The number of carbonyl (C=O) groups is 2. The monoisotopic (exact) mass is 372 g/mol. The van der Waals surface area contributed by atoms with Crippen molar-refractivity contribution in [2.45, 2.75) is 13.8 Å². The summed E-state index contributed by atoms with van der Waals surface area (Å²) in [6, 6.07) is 12.1. The standard InChI is InChI=1S/C20H24N2O5/c1-5-27-16-8-6-15(7-9-16)21-20(24)13-22(14(2)23)18-11-10-17(25-3)12-19(18)26-4/h6-12H,5,13H2,1-4H3,(H,21,24). The molecule has 0 saturated heterocycles. The molecular formula is C20H24N2O5. The van der Waals surface area contributed by atoms with Gasteiger partial charge in [-0.05, 0) is 43.3 Å². The van der Waals surface area contributed by atoms with Gasteiger partial charge in [-0.2, -0.15) is 0 Å². The Labute approximate surface area is 158 Å². The van der Waals surface area contributed by atoms with Crippen LogP contribution in [0.25, 0.3) is 0 Å². The van der Waals surface area contributed by atoms with Crippen LogP contribution >= 0.6 is 0 Å². The summed E-state index contributed by atoms with van der Waals surface area (Å²) in [7, 11) is 3.04. The molecule has 0 fully saturated rings. The molecule has 2 amide bonds. The fourth-order valence-electron chi connectivity index (χ4n) is 2.52. The minimum atomic E-state index is -0.327. The number of ether oxygens (including phenoxy) is 3. The van der Waals surface area contributed by atoms with Gasteiger partial charge in [0.25, 0.3) is 0 Å². The molecule has 2 rings (SSSR count). The molecule has 0 unspecified atom stereocenters. The van der Waals surface area contributed by atoms with Crippen LogP contribution < -0.4 is 24.4 Å². The third kappa shape index (κ3) is 5.37. The van der Waals surface area contributed by atoms with E-state index in [1.54, 1.807) is 49.6 Å². The van der Waals surface area contributed by atoms with Gasteiger partial charge < -0.3 is 19.5 Å². The lowest BCUT2D eigenvalue weighted by atomic mass is 10.2. The van der Waals surface area contributed by atoms with E-state index in [0.717, 1.165) is 5.75 Å². The summed E-state index contributed by atoms with van der Waals surface area (Å²) in [5.41, 5.74) is 1.11. The van der Waals surface area contributed by atoms with Crippen LogP contribution in [0.3, 0.4) is 0 Å². The van der Waals surface area contributed by atoms with Crippen LogP contribution in [0, 0.1) is 0 Å². The highest BCUT2D eigenvalue weighted by atomic mass is 16.5. The number of hydrogen-bond acceptors (Lipinski definition) is 5. The summed E-state index contributed by atoms with van der Waals surface area (Å²) >= 11 is 0. The van der Waals surface area contributed by atoms with Crippen molar-refractivity contribution in [1.29, 1.82) is 0 Å². The number of rotatable bonds is 8. The Morgan fingerprint density at radius 1 is 1.00 bits per heavy atom. The number of nitrogens with zero attached hydrogens (tertiary/aromatic N) is 1. The molecule has 0 heterocycles. The van der Waals surface area contributed by atoms with Crippen molar-refractivity contribution in [3.05, 3.63) is 42.5 Å². The molecule has 0 spiro atoms. The number of hydrogen-bond donors (Lipinski definition) is 1. The van der Waals surface area contributed by atoms with Gasteiger partial charge in [0.15, 0.2) is 0 Å². The second kappa shape index (κ2) is 9.47. The van der Waals surface area contributed by atoms with Crippen molar-refractivity contribution >= 4 is 23.2 Å². The van der Waals surface area contributed by atoms with Crippen molar-refractivity contribution in [3.8, 4) is 17.2 Å². The molecule has 2 aromatic rings. The Balaban J connectivity index is 2.14. The number of nitrogens with one attached hydrogen (secondary N) is 1. The van der Waals surface area contributed by atoms with Gasteiger partial charge in [0.2, 0.25) is 11.8 Å². The lowest BCUT2D eigenvalue weighted by Crippen LogP contribution is -2.36. The average molecular weight is 372 g/mol. The maximum absolute atomic E-state index is 12.4. The molecule has 1 N–H and O–H groups in total. The lowest BCUT2D eigenvalue weighted by molar-refractivity contribution is -0.120. The van der Waals surface area contributed by atoms with E-state index in [9.17, 15) is 9.59 Å². The van der Waals surface area contributed by atoms with Crippen LogP contribution in [-0.4, -0.2) is 39.2 Å². The van der Waals surface area contributed by atoms with E-state index in [2.05, 4.69) is 5.32 Å². The van der Waals surface area contributed by atoms with Crippen LogP contribution in [0.4, 0.5) is 11.4 Å². The predicted octanol–water partition coefficient (Wildman–Crippen LogP) is 3.09. The maximum atomic E-state index is 12.4. The number of amides is 2. The smallest absolute Gasteiger partial charge is 0.244 e. The van der Waals surface area contributed by atoms with Crippen LogP contribution in [0.15, 0.2) is 42.5 Å². The van der Waals surface area contributed by atoms with Gasteiger partial charge in [0.05, 0.1) is 26.5 Å². The van der Waals surface area contributed by atoms with E-state index in [0.29, 0.717) is 29.5 Å². The average Bonchev–Trinajstić information content (AvgIpc) is 2.67. The first kappa shape index (κ1) is 20.1. The summed E-state index contributed by atoms with van der Waals surface area (Å²) in [4.78, 5) is 25.9. The Morgan fingerprint density at radius 3 is 2.22 bits per heavy atom. The first-order valence-corrected chi connectivity index (χ1v) is 8.51. The highest BCUT2D eigenvalue weighted by Crippen LogP contribution is 2.32. The van der Waals surface area contributed by atoms with Gasteiger partial charge in [0, 0.05) is 18.7 Å². The van der Waals surface area contributed by atoms with E-state index in [4.69, 9.17) is 14.2 Å². The van der Waals surface area contributed by atoms with E-state index >= 15 is 0 Å². The molecule has 0 bridgehead atoms. The molecule has 0 aliphatic carbocycles. The van der Waals surface area contributed by atoms with Crippen molar-refractivity contribution < 1.29 is 23.8 Å². The molecule has 0 atom stereocenters. The first-order valence-electron chi connectivity index (χ1n) is 8.51. The predicted molar refractivity (Wildman–Crippen MR) is 104 cm³/mol. The van der Waals surface area contributed by atoms with Crippen LogP contribution in [-0.2, 0) is 9.59 Å². The largest absolute Gasteiger partial charge is 0.497 e. The molecule has 0 saturated carbocycles. The summed E-state index contributed by atoms with van der Waals surface area (Å²) in [6.45, 7) is 3.72. The van der Waals surface area contributed by atoms with Gasteiger partial charge in [-0.1, -0.05) is 0 Å². The zero-order chi connectivity index (χ0) is 19.8. The second-order valence-corrected chi connectivity index (χ2v) is 5.65. The number of carbonyl (C=O) groups excluding carboxylic acids is 2. The molecule has 0 aliphatic heterocycles. The zero-order valence-electron chi connectivity index (χ0n) is 15.9. The van der Waals surface area contributed by atoms with Crippen LogP contribution in [0.5, 0.6) is 17.2 Å². The minimum absolute atomic E-state index is 0.148. The van der Waals surface area contributed by atoms with Gasteiger partial charge in [-0.3, -0.25) is 14.5 Å². The van der Waals surface area contributed by atoms with E-state index in [-0.39, 0.29) is 18.4 Å². The van der Waals surface area contributed by atoms with E-state index in [1.165, 1.54) is 18.9 Å². The molecule has 7 nitrogen and oxygen atoms in total. The highest BCUT2D eigenvalue weighted by molar-refractivity contribution is 6.02. The zero-order valence-corrected chi connectivity index (χ0v) is 15.9. The molecule has 2 aromatic carbocycles. The fraction of sp³-hybridized carbons (Fsp3) is 0.300. The number of anilines is 2. The lowest BCUT2D eigenvalue weighted by Gasteiger charge is -2.23. The number of methoxy groups -OCH3 is 2. The summed E-state index contributed by atoms with van der Waals surface area (Å²) in [5.74, 6) is 1.16. The topological polar surface area (TPSA) is 77.1 Å². The minimum Gasteiger partial charge on any atom is -0.497 e. The molecule has 0 aromatic heterocycles. The van der Waals surface area contributed by atoms with Gasteiger partial charge in [-0.15, -0.1) is 0 Å². The molecule has 0 radical (unpaired) electrons. The summed E-state index contributed by atoms with van der Waals surface area (Å²) in [5, 5.41) is 2.77. The molecule has 27 heavy (non-hydrogen) atoms. The van der Waals surface area contributed by atoms with Gasteiger partial charge in [0.1, 0.15) is 23.8 Å². The van der Waals surface area contributed by atoms with E-state index < -0.39 is 0 Å². The third-order valence-corrected chi connectivity index (χ3v) is 3.81. The summed E-state index contributed by atoms with van der Waals surface area (Å²) < 4.78 is 15.9. The number of benzene rings is 2. The Kier molecular flexibility index (Phi) is 7.05. The SMILES string of the molecule is CCOc1ccc(NC(=O)CN(C(C)=O)c2ccc(OC)cc2OC)cc1. The Morgan fingerprint density at radius 2 is 1.67 bits per heavy atom. The van der Waals surface area contributed by atoms with Crippen LogP contribution in [0.1, 0.15) is 13.8 Å². The highest BCUT2D eigenvalue weighted by Gasteiger charge is 2.20. The maximum Gasteiger partial charge on any atom is 0.244 e. The third-order valence-electron chi connectivity index (χ3n) is 3.81. The molecule has 7 heteroatoms. The normalized spacial score (nSPS) is 10.1.